The summed E-state index contributed by atoms with van der Waals surface area (Å²) in [6.45, 7) is 2.62. The first kappa shape index (κ1) is 10.5. The van der Waals surface area contributed by atoms with Crippen LogP contribution < -0.4 is 5.32 Å². The van der Waals surface area contributed by atoms with Crippen LogP contribution in [0.25, 0.3) is 0 Å². The average molecular weight is 214 g/mol. The van der Waals surface area contributed by atoms with Gasteiger partial charge in [0.25, 0.3) is 0 Å². The maximum absolute atomic E-state index is 9.60. The van der Waals surface area contributed by atoms with Crippen molar-refractivity contribution in [3.05, 3.63) is 53.9 Å². The fourth-order valence-corrected chi connectivity index (χ4v) is 1.50. The van der Waals surface area contributed by atoms with Gasteiger partial charge >= 0.3 is 0 Å². The summed E-state index contributed by atoms with van der Waals surface area (Å²) in [4.78, 5) is 4.06. The molecule has 16 heavy (non-hydrogen) atoms. The lowest BCUT2D eigenvalue weighted by Gasteiger charge is -2.09. The summed E-state index contributed by atoms with van der Waals surface area (Å²) in [6, 6.07) is 9.26. The molecule has 2 rings (SSSR count). The first-order valence-corrected chi connectivity index (χ1v) is 5.19. The van der Waals surface area contributed by atoms with Crippen molar-refractivity contribution in [2.75, 3.05) is 5.32 Å². The molecule has 82 valence electrons. The van der Waals surface area contributed by atoms with Crippen molar-refractivity contribution in [3.63, 3.8) is 0 Å². The molecule has 0 fully saturated rings. The molecule has 0 spiro atoms. The predicted octanol–water partition coefficient (Wildman–Crippen LogP) is 2.71. The summed E-state index contributed by atoms with van der Waals surface area (Å²) in [6.07, 6.45) is 3.55. The number of hydrogen-bond acceptors (Lipinski definition) is 3. The summed E-state index contributed by atoms with van der Waals surface area (Å²) in [7, 11) is 0. The zero-order valence-corrected chi connectivity index (χ0v) is 9.14. The van der Waals surface area contributed by atoms with Crippen molar-refractivity contribution >= 4 is 5.69 Å². The van der Waals surface area contributed by atoms with Gasteiger partial charge in [-0.15, -0.1) is 0 Å². The maximum Gasteiger partial charge on any atom is 0.120 e. The van der Waals surface area contributed by atoms with Crippen LogP contribution in [0.3, 0.4) is 0 Å². The number of phenols is 1. The van der Waals surface area contributed by atoms with E-state index in [1.807, 2.05) is 31.2 Å². The fraction of sp³-hybridized carbons (Fsp3) is 0.154. The topological polar surface area (TPSA) is 45.2 Å². The van der Waals surface area contributed by atoms with Crippen molar-refractivity contribution < 1.29 is 5.11 Å². The zero-order chi connectivity index (χ0) is 11.4. The van der Waals surface area contributed by atoms with Crippen LogP contribution in [0.15, 0.2) is 42.7 Å². The molecule has 0 radical (unpaired) electrons. The lowest BCUT2D eigenvalue weighted by molar-refractivity contribution is 0.469. The Morgan fingerprint density at radius 3 is 2.81 bits per heavy atom. The van der Waals surface area contributed by atoms with Gasteiger partial charge < -0.3 is 10.4 Å². The Morgan fingerprint density at radius 1 is 1.25 bits per heavy atom. The van der Waals surface area contributed by atoms with E-state index in [4.69, 9.17) is 0 Å². The molecule has 0 saturated heterocycles. The normalized spacial score (nSPS) is 10.1. The minimum absolute atomic E-state index is 0.316. The van der Waals surface area contributed by atoms with Crippen molar-refractivity contribution in [2.24, 2.45) is 0 Å². The fourth-order valence-electron chi connectivity index (χ4n) is 1.50. The summed E-state index contributed by atoms with van der Waals surface area (Å²) in [5.41, 5.74) is 3.02. The minimum atomic E-state index is 0.316. The SMILES string of the molecule is Cc1ccncc1NCc1ccccc1O. The third kappa shape index (κ3) is 2.31. The van der Waals surface area contributed by atoms with Gasteiger partial charge in [-0.25, -0.2) is 0 Å². The van der Waals surface area contributed by atoms with Crippen molar-refractivity contribution in [3.8, 4) is 5.75 Å². The highest BCUT2D eigenvalue weighted by molar-refractivity contribution is 5.49. The lowest BCUT2D eigenvalue weighted by Crippen LogP contribution is -2.01. The molecule has 0 amide bonds. The Morgan fingerprint density at radius 2 is 2.06 bits per heavy atom. The van der Waals surface area contributed by atoms with E-state index >= 15 is 0 Å². The Hall–Kier alpha value is -2.03. The second kappa shape index (κ2) is 4.66. The second-order valence-electron chi connectivity index (χ2n) is 3.67. The molecule has 2 aromatic rings. The van der Waals surface area contributed by atoms with Crippen LogP contribution in [-0.2, 0) is 6.54 Å². The van der Waals surface area contributed by atoms with Crippen molar-refractivity contribution in [2.45, 2.75) is 13.5 Å². The Labute approximate surface area is 94.8 Å². The number of aromatic hydroxyl groups is 1. The van der Waals surface area contributed by atoms with Gasteiger partial charge in [-0.05, 0) is 24.6 Å². The molecule has 1 aromatic heterocycles. The predicted molar refractivity (Wildman–Crippen MR) is 64.4 cm³/mol. The number of nitrogens with zero attached hydrogens (tertiary/aromatic N) is 1. The third-order valence-corrected chi connectivity index (χ3v) is 2.50. The molecule has 0 aliphatic heterocycles. The number of anilines is 1. The Balaban J connectivity index is 2.09. The van der Waals surface area contributed by atoms with Gasteiger partial charge in [-0.2, -0.15) is 0 Å². The zero-order valence-electron chi connectivity index (χ0n) is 9.14. The highest BCUT2D eigenvalue weighted by Gasteiger charge is 2.00. The number of aromatic nitrogens is 1. The number of para-hydroxylation sites is 1. The standard InChI is InChI=1S/C13H14N2O/c1-10-6-7-14-9-12(10)15-8-11-4-2-3-5-13(11)16/h2-7,9,15-16H,8H2,1H3. The van der Waals surface area contributed by atoms with E-state index in [-0.39, 0.29) is 0 Å². The maximum atomic E-state index is 9.60. The van der Waals surface area contributed by atoms with Crippen molar-refractivity contribution in [1.29, 1.82) is 0 Å². The van der Waals surface area contributed by atoms with Gasteiger partial charge in [0.2, 0.25) is 0 Å². The molecule has 0 bridgehead atoms. The number of nitrogens with one attached hydrogen (secondary N) is 1. The number of benzene rings is 1. The van der Waals surface area contributed by atoms with E-state index in [9.17, 15) is 5.11 Å². The molecule has 0 aliphatic rings. The van der Waals surface area contributed by atoms with Gasteiger partial charge in [0, 0.05) is 18.3 Å². The van der Waals surface area contributed by atoms with Crippen LogP contribution in [-0.4, -0.2) is 10.1 Å². The number of rotatable bonds is 3. The van der Waals surface area contributed by atoms with Gasteiger partial charge in [0.05, 0.1) is 11.9 Å². The summed E-state index contributed by atoms with van der Waals surface area (Å²) in [5, 5.41) is 12.8. The average Bonchev–Trinajstić information content (AvgIpc) is 2.30. The summed E-state index contributed by atoms with van der Waals surface area (Å²) in [5.74, 6) is 0.316. The molecule has 0 unspecified atom stereocenters. The Bertz CT molecular complexity index is 437. The van der Waals surface area contributed by atoms with Crippen LogP contribution in [0.4, 0.5) is 5.69 Å². The molecule has 0 aliphatic carbocycles. The largest absolute Gasteiger partial charge is 0.508 e. The molecule has 1 aromatic carbocycles. The van der Waals surface area contributed by atoms with E-state index in [0.29, 0.717) is 12.3 Å². The monoisotopic (exact) mass is 214 g/mol. The summed E-state index contributed by atoms with van der Waals surface area (Å²) >= 11 is 0. The molecule has 2 N–H and O–H groups in total. The highest BCUT2D eigenvalue weighted by Crippen LogP contribution is 2.18. The summed E-state index contributed by atoms with van der Waals surface area (Å²) < 4.78 is 0. The number of phenolic OH excluding ortho intramolecular Hbond substituents is 1. The molecule has 0 saturated carbocycles. The molecular weight excluding hydrogens is 200 g/mol. The molecule has 3 heteroatoms. The van der Waals surface area contributed by atoms with Crippen LogP contribution in [0, 0.1) is 6.92 Å². The molecule has 0 atom stereocenters. The molecule has 3 nitrogen and oxygen atoms in total. The van der Waals surface area contributed by atoms with E-state index < -0.39 is 0 Å². The number of pyridine rings is 1. The molecular formula is C13H14N2O. The number of hydrogen-bond donors (Lipinski definition) is 2. The lowest BCUT2D eigenvalue weighted by atomic mass is 10.2. The molecule has 1 heterocycles. The first-order chi connectivity index (χ1) is 7.77. The van der Waals surface area contributed by atoms with E-state index in [0.717, 1.165) is 16.8 Å². The van der Waals surface area contributed by atoms with E-state index in [1.165, 1.54) is 0 Å². The smallest absolute Gasteiger partial charge is 0.120 e. The van der Waals surface area contributed by atoms with Crippen LogP contribution in [0.1, 0.15) is 11.1 Å². The van der Waals surface area contributed by atoms with Crippen LogP contribution >= 0.6 is 0 Å². The van der Waals surface area contributed by atoms with Crippen LogP contribution in [0.2, 0.25) is 0 Å². The van der Waals surface area contributed by atoms with Gasteiger partial charge in [-0.3, -0.25) is 4.98 Å². The number of aryl methyl sites for hydroxylation is 1. The van der Waals surface area contributed by atoms with Crippen molar-refractivity contribution in [1.82, 2.24) is 4.98 Å². The van der Waals surface area contributed by atoms with Gasteiger partial charge in [0.1, 0.15) is 5.75 Å². The van der Waals surface area contributed by atoms with Gasteiger partial charge in [0.15, 0.2) is 0 Å². The van der Waals surface area contributed by atoms with E-state index in [2.05, 4.69) is 10.3 Å². The second-order valence-corrected chi connectivity index (χ2v) is 3.67. The first-order valence-electron chi connectivity index (χ1n) is 5.19. The van der Waals surface area contributed by atoms with Gasteiger partial charge in [-0.1, -0.05) is 18.2 Å². The third-order valence-electron chi connectivity index (χ3n) is 2.50. The quantitative estimate of drug-likeness (QED) is 0.825. The van der Waals surface area contributed by atoms with Crippen LogP contribution in [0.5, 0.6) is 5.75 Å². The highest BCUT2D eigenvalue weighted by atomic mass is 16.3. The van der Waals surface area contributed by atoms with E-state index in [1.54, 1.807) is 18.5 Å². The minimum Gasteiger partial charge on any atom is -0.508 e. The Kier molecular flexibility index (Phi) is 3.05.